The number of nitrogens with zero attached hydrogens (tertiary/aromatic N) is 2. The Bertz CT molecular complexity index is 575. The second-order valence-electron chi connectivity index (χ2n) is 5.07. The summed E-state index contributed by atoms with van der Waals surface area (Å²) in [7, 11) is 3.47. The Morgan fingerprint density at radius 2 is 2.19 bits per heavy atom. The molecule has 5 heteroatoms. The third-order valence-corrected chi connectivity index (χ3v) is 3.53. The molecule has 1 aromatic rings. The maximum atomic E-state index is 11.7. The number of likely N-dealkylation sites (N-methyl/N-ethyl adjacent to an activating group) is 1. The van der Waals surface area contributed by atoms with E-state index in [2.05, 4.69) is 16.7 Å². The Labute approximate surface area is 125 Å². The maximum absolute atomic E-state index is 11.7. The van der Waals surface area contributed by atoms with Crippen molar-refractivity contribution in [3.8, 4) is 17.6 Å². The van der Waals surface area contributed by atoms with Crippen LogP contribution < -0.4 is 10.5 Å². The van der Waals surface area contributed by atoms with Gasteiger partial charge in [0, 0.05) is 26.7 Å². The molecule has 0 radical (unpaired) electrons. The van der Waals surface area contributed by atoms with Gasteiger partial charge in [-0.25, -0.2) is 0 Å². The van der Waals surface area contributed by atoms with Crippen molar-refractivity contribution in [2.75, 3.05) is 40.3 Å². The van der Waals surface area contributed by atoms with E-state index in [1.165, 1.54) is 0 Å². The van der Waals surface area contributed by atoms with Crippen LogP contribution in [-0.2, 0) is 11.3 Å². The van der Waals surface area contributed by atoms with E-state index in [0.29, 0.717) is 13.1 Å². The summed E-state index contributed by atoms with van der Waals surface area (Å²) in [5, 5.41) is 0. The Morgan fingerprint density at radius 3 is 2.86 bits per heavy atom. The van der Waals surface area contributed by atoms with Crippen molar-refractivity contribution in [3.63, 3.8) is 0 Å². The zero-order chi connectivity index (χ0) is 15.2. The zero-order valence-electron chi connectivity index (χ0n) is 12.6. The minimum absolute atomic E-state index is 0.165. The molecule has 1 aromatic carbocycles. The molecule has 2 N–H and O–H groups in total. The van der Waals surface area contributed by atoms with Gasteiger partial charge in [-0.05, 0) is 17.7 Å². The third kappa shape index (κ3) is 3.97. The molecule has 0 spiro atoms. The van der Waals surface area contributed by atoms with Crippen LogP contribution in [0, 0.1) is 11.8 Å². The topological polar surface area (TPSA) is 58.8 Å². The monoisotopic (exact) mass is 287 g/mol. The van der Waals surface area contributed by atoms with Gasteiger partial charge in [-0.3, -0.25) is 9.69 Å². The SMILES string of the molecule is COc1ccc(CN2CCN(C)C(=O)C2)cc1C#CCN. The fraction of sp³-hybridized carbons (Fsp3) is 0.438. The number of rotatable bonds is 3. The number of piperazine rings is 1. The Kier molecular flexibility index (Phi) is 5.20. The van der Waals surface area contributed by atoms with E-state index >= 15 is 0 Å². The number of hydrogen-bond acceptors (Lipinski definition) is 4. The fourth-order valence-electron chi connectivity index (χ4n) is 2.30. The van der Waals surface area contributed by atoms with Crippen LogP contribution in [0.1, 0.15) is 11.1 Å². The summed E-state index contributed by atoms with van der Waals surface area (Å²) in [5.41, 5.74) is 7.37. The first kappa shape index (κ1) is 15.4. The third-order valence-electron chi connectivity index (χ3n) is 3.53. The summed E-state index contributed by atoms with van der Waals surface area (Å²) < 4.78 is 5.30. The zero-order valence-corrected chi connectivity index (χ0v) is 12.6. The molecule has 1 fully saturated rings. The lowest BCUT2D eigenvalue weighted by Gasteiger charge is -2.31. The lowest BCUT2D eigenvalue weighted by atomic mass is 10.1. The first-order valence-electron chi connectivity index (χ1n) is 6.96. The van der Waals surface area contributed by atoms with Gasteiger partial charge >= 0.3 is 0 Å². The number of carbonyl (C=O) groups is 1. The van der Waals surface area contributed by atoms with Crippen molar-refractivity contribution in [1.29, 1.82) is 0 Å². The van der Waals surface area contributed by atoms with Crippen LogP contribution in [0.5, 0.6) is 5.75 Å². The van der Waals surface area contributed by atoms with Crippen LogP contribution in [-0.4, -0.2) is 56.0 Å². The van der Waals surface area contributed by atoms with Crippen molar-refractivity contribution in [2.45, 2.75) is 6.54 Å². The highest BCUT2D eigenvalue weighted by Crippen LogP contribution is 2.20. The highest BCUT2D eigenvalue weighted by atomic mass is 16.5. The molecule has 0 atom stereocenters. The minimum atomic E-state index is 0.165. The first-order valence-corrected chi connectivity index (χ1v) is 6.96. The highest BCUT2D eigenvalue weighted by molar-refractivity contribution is 5.78. The lowest BCUT2D eigenvalue weighted by Crippen LogP contribution is -2.47. The van der Waals surface area contributed by atoms with Crippen molar-refractivity contribution < 1.29 is 9.53 Å². The number of benzene rings is 1. The molecule has 0 saturated carbocycles. The number of carbonyl (C=O) groups excluding carboxylic acids is 1. The van der Waals surface area contributed by atoms with Gasteiger partial charge in [0.25, 0.3) is 0 Å². The molecule has 1 aliphatic rings. The van der Waals surface area contributed by atoms with Gasteiger partial charge < -0.3 is 15.4 Å². The molecule has 1 aliphatic heterocycles. The Balaban J connectivity index is 2.12. The largest absolute Gasteiger partial charge is 0.495 e. The molecule has 0 aliphatic carbocycles. The first-order chi connectivity index (χ1) is 10.1. The Hall–Kier alpha value is -2.03. The summed E-state index contributed by atoms with van der Waals surface area (Å²) in [6.45, 7) is 3.18. The quantitative estimate of drug-likeness (QED) is 0.811. The van der Waals surface area contributed by atoms with Gasteiger partial charge in [-0.2, -0.15) is 0 Å². The molecule has 1 amide bonds. The van der Waals surface area contributed by atoms with Gasteiger partial charge in [0.2, 0.25) is 5.91 Å². The van der Waals surface area contributed by atoms with E-state index in [1.807, 2.05) is 25.2 Å². The van der Waals surface area contributed by atoms with Gasteiger partial charge in [0.15, 0.2) is 0 Å². The van der Waals surface area contributed by atoms with E-state index in [4.69, 9.17) is 10.5 Å². The number of hydrogen-bond donors (Lipinski definition) is 1. The molecule has 2 rings (SSSR count). The van der Waals surface area contributed by atoms with Gasteiger partial charge in [0.05, 0.1) is 25.8 Å². The molecular formula is C16H21N3O2. The summed E-state index contributed by atoms with van der Waals surface area (Å²) >= 11 is 0. The van der Waals surface area contributed by atoms with Crippen LogP contribution in [0.4, 0.5) is 0 Å². The standard InChI is InChI=1S/C16H21N3O2/c1-18-8-9-19(12-16(18)20)11-13-5-6-15(21-2)14(10-13)4-3-7-17/h5-6,10H,7-9,11-12,17H2,1-2H3. The average molecular weight is 287 g/mol. The maximum Gasteiger partial charge on any atom is 0.236 e. The Morgan fingerprint density at radius 1 is 1.38 bits per heavy atom. The summed E-state index contributed by atoms with van der Waals surface area (Å²) in [6.07, 6.45) is 0. The molecule has 21 heavy (non-hydrogen) atoms. The van der Waals surface area contributed by atoms with Crippen molar-refractivity contribution >= 4 is 5.91 Å². The van der Waals surface area contributed by atoms with Crippen LogP contribution in [0.25, 0.3) is 0 Å². The lowest BCUT2D eigenvalue weighted by molar-refractivity contribution is -0.134. The number of nitrogens with two attached hydrogens (primary N) is 1. The van der Waals surface area contributed by atoms with Crippen LogP contribution in [0.2, 0.25) is 0 Å². The van der Waals surface area contributed by atoms with Gasteiger partial charge in [-0.1, -0.05) is 17.9 Å². The average Bonchev–Trinajstić information content (AvgIpc) is 2.49. The smallest absolute Gasteiger partial charge is 0.236 e. The highest BCUT2D eigenvalue weighted by Gasteiger charge is 2.20. The molecule has 0 aromatic heterocycles. The molecule has 0 bridgehead atoms. The molecule has 112 valence electrons. The fourth-order valence-corrected chi connectivity index (χ4v) is 2.30. The normalized spacial score (nSPS) is 15.6. The van der Waals surface area contributed by atoms with Crippen LogP contribution in [0.15, 0.2) is 18.2 Å². The van der Waals surface area contributed by atoms with E-state index in [9.17, 15) is 4.79 Å². The molecule has 1 heterocycles. The molecule has 1 saturated heterocycles. The van der Waals surface area contributed by atoms with Crippen LogP contribution in [0.3, 0.4) is 0 Å². The second-order valence-corrected chi connectivity index (χ2v) is 5.07. The molecule has 5 nitrogen and oxygen atoms in total. The number of ether oxygens (including phenoxy) is 1. The predicted molar refractivity (Wildman–Crippen MR) is 81.8 cm³/mol. The summed E-state index contributed by atoms with van der Waals surface area (Å²) in [4.78, 5) is 15.6. The second kappa shape index (κ2) is 7.11. The van der Waals surface area contributed by atoms with E-state index in [0.717, 1.165) is 36.5 Å². The summed E-state index contributed by atoms with van der Waals surface area (Å²) in [5.74, 6) is 6.78. The van der Waals surface area contributed by atoms with Crippen LogP contribution >= 0.6 is 0 Å². The van der Waals surface area contributed by atoms with Gasteiger partial charge in [-0.15, -0.1) is 0 Å². The van der Waals surface area contributed by atoms with Crippen molar-refractivity contribution in [3.05, 3.63) is 29.3 Å². The molecule has 0 unspecified atom stereocenters. The number of methoxy groups -OCH3 is 1. The van der Waals surface area contributed by atoms with E-state index in [-0.39, 0.29) is 5.91 Å². The van der Waals surface area contributed by atoms with Crippen molar-refractivity contribution in [2.24, 2.45) is 5.73 Å². The van der Waals surface area contributed by atoms with E-state index < -0.39 is 0 Å². The molecular weight excluding hydrogens is 266 g/mol. The summed E-state index contributed by atoms with van der Waals surface area (Å²) in [6, 6.07) is 5.92. The van der Waals surface area contributed by atoms with E-state index in [1.54, 1.807) is 12.0 Å². The number of amides is 1. The minimum Gasteiger partial charge on any atom is -0.495 e. The van der Waals surface area contributed by atoms with Gasteiger partial charge in [0.1, 0.15) is 5.75 Å². The predicted octanol–water partition coefficient (Wildman–Crippen LogP) is 0.279. The van der Waals surface area contributed by atoms with Crippen molar-refractivity contribution in [1.82, 2.24) is 9.80 Å².